The molecule has 1 amide bonds. The molecule has 0 atom stereocenters. The van der Waals surface area contributed by atoms with E-state index in [2.05, 4.69) is 20.9 Å². The molecular weight excluding hydrogens is 380 g/mol. The molecule has 2 aromatic heterocycles. The van der Waals surface area contributed by atoms with Gasteiger partial charge in [0, 0.05) is 50.0 Å². The monoisotopic (exact) mass is 404 g/mol. The lowest BCUT2D eigenvalue weighted by Crippen LogP contribution is -2.35. The lowest BCUT2D eigenvalue weighted by atomic mass is 10.2. The molecule has 0 saturated carbocycles. The second-order valence-electron chi connectivity index (χ2n) is 7.01. The minimum Gasteiger partial charge on any atom is -0.337 e. The zero-order chi connectivity index (χ0) is 19.9. The van der Waals surface area contributed by atoms with Crippen LogP contribution in [-0.4, -0.2) is 51.9 Å². The van der Waals surface area contributed by atoms with E-state index in [9.17, 15) is 4.79 Å². The molecule has 29 heavy (non-hydrogen) atoms. The van der Waals surface area contributed by atoms with Crippen molar-refractivity contribution in [2.24, 2.45) is 0 Å². The molecule has 0 radical (unpaired) electrons. The molecule has 5 nitrogen and oxygen atoms in total. The van der Waals surface area contributed by atoms with Crippen LogP contribution in [0.15, 0.2) is 83.0 Å². The Kier molecular flexibility index (Phi) is 6.54. The summed E-state index contributed by atoms with van der Waals surface area (Å²) < 4.78 is 0. The summed E-state index contributed by atoms with van der Waals surface area (Å²) in [7, 11) is 0. The predicted octanol–water partition coefficient (Wildman–Crippen LogP) is 3.98. The smallest absolute Gasteiger partial charge is 0.256 e. The van der Waals surface area contributed by atoms with E-state index in [-0.39, 0.29) is 5.91 Å². The van der Waals surface area contributed by atoms with Crippen LogP contribution in [-0.2, 0) is 6.54 Å². The number of carbonyl (C=O) groups is 1. The van der Waals surface area contributed by atoms with Crippen LogP contribution in [0.5, 0.6) is 0 Å². The number of nitrogens with zero attached hydrogens (tertiary/aromatic N) is 4. The minimum atomic E-state index is 0.0659. The number of pyridine rings is 2. The number of hydrogen-bond acceptors (Lipinski definition) is 5. The molecule has 1 aliphatic heterocycles. The van der Waals surface area contributed by atoms with Gasteiger partial charge in [-0.3, -0.25) is 14.7 Å². The maximum Gasteiger partial charge on any atom is 0.256 e. The second-order valence-corrected chi connectivity index (χ2v) is 8.08. The van der Waals surface area contributed by atoms with Gasteiger partial charge in [-0.2, -0.15) is 0 Å². The van der Waals surface area contributed by atoms with Gasteiger partial charge in [0.25, 0.3) is 5.91 Å². The van der Waals surface area contributed by atoms with Gasteiger partial charge in [0.05, 0.1) is 11.3 Å². The highest BCUT2D eigenvalue weighted by atomic mass is 32.2. The number of amides is 1. The quantitative estimate of drug-likeness (QED) is 0.644. The molecule has 1 fully saturated rings. The first-order valence-electron chi connectivity index (χ1n) is 9.89. The Morgan fingerprint density at radius 3 is 2.52 bits per heavy atom. The Morgan fingerprint density at radius 2 is 1.69 bits per heavy atom. The third-order valence-electron chi connectivity index (χ3n) is 4.95. The largest absolute Gasteiger partial charge is 0.337 e. The molecule has 0 N–H and O–H groups in total. The Morgan fingerprint density at radius 1 is 0.862 bits per heavy atom. The topological polar surface area (TPSA) is 49.3 Å². The van der Waals surface area contributed by atoms with E-state index in [1.807, 2.05) is 65.7 Å². The molecule has 0 unspecified atom stereocenters. The van der Waals surface area contributed by atoms with Gasteiger partial charge < -0.3 is 4.90 Å². The fraction of sp³-hybridized carbons (Fsp3) is 0.261. The van der Waals surface area contributed by atoms with Gasteiger partial charge in [-0.1, -0.05) is 36.0 Å². The lowest BCUT2D eigenvalue weighted by Gasteiger charge is -2.22. The van der Waals surface area contributed by atoms with Crippen LogP contribution in [0.4, 0.5) is 0 Å². The first-order chi connectivity index (χ1) is 14.3. The molecule has 3 heterocycles. The standard InChI is InChI=1S/C23H24N4OS/c28-23(21-11-6-13-25-22(21)29-20-9-2-1-3-10-20)27-15-7-14-26(16-17-27)18-19-8-4-5-12-24-19/h1-6,8-13H,7,14-18H2. The van der Waals surface area contributed by atoms with Crippen molar-refractivity contribution in [3.05, 3.63) is 84.3 Å². The van der Waals surface area contributed by atoms with Gasteiger partial charge in [0.2, 0.25) is 0 Å². The summed E-state index contributed by atoms with van der Waals surface area (Å²) in [5.41, 5.74) is 1.75. The van der Waals surface area contributed by atoms with Crippen LogP contribution >= 0.6 is 11.8 Å². The van der Waals surface area contributed by atoms with E-state index < -0.39 is 0 Å². The highest BCUT2D eigenvalue weighted by molar-refractivity contribution is 7.99. The minimum absolute atomic E-state index is 0.0659. The van der Waals surface area contributed by atoms with Crippen molar-refractivity contribution in [1.82, 2.24) is 19.8 Å². The lowest BCUT2D eigenvalue weighted by molar-refractivity contribution is 0.0756. The van der Waals surface area contributed by atoms with Gasteiger partial charge in [-0.05, 0) is 42.8 Å². The van der Waals surface area contributed by atoms with Crippen molar-refractivity contribution in [2.45, 2.75) is 22.9 Å². The fourth-order valence-corrected chi connectivity index (χ4v) is 4.35. The Bertz CT molecular complexity index is 936. The summed E-state index contributed by atoms with van der Waals surface area (Å²) in [6.45, 7) is 4.13. The van der Waals surface area contributed by atoms with Crippen molar-refractivity contribution < 1.29 is 4.79 Å². The SMILES string of the molecule is O=C(c1cccnc1Sc1ccccc1)N1CCCN(Cc2ccccn2)CC1. The molecule has 4 rings (SSSR count). The molecular formula is C23H24N4OS. The third kappa shape index (κ3) is 5.22. The maximum absolute atomic E-state index is 13.3. The summed E-state index contributed by atoms with van der Waals surface area (Å²) in [6, 6.07) is 19.8. The fourth-order valence-electron chi connectivity index (χ4n) is 3.46. The average Bonchev–Trinajstić information content (AvgIpc) is 3.01. The molecule has 148 valence electrons. The van der Waals surface area contributed by atoms with Gasteiger partial charge in [0.1, 0.15) is 5.03 Å². The van der Waals surface area contributed by atoms with Crippen LogP contribution < -0.4 is 0 Å². The van der Waals surface area contributed by atoms with Crippen molar-refractivity contribution >= 4 is 17.7 Å². The Labute approximate surface area is 175 Å². The van der Waals surface area contributed by atoms with Crippen LogP contribution in [0.2, 0.25) is 0 Å². The normalized spacial score (nSPS) is 15.1. The second kappa shape index (κ2) is 9.67. The van der Waals surface area contributed by atoms with Gasteiger partial charge in [-0.15, -0.1) is 0 Å². The maximum atomic E-state index is 13.3. The van der Waals surface area contributed by atoms with Crippen molar-refractivity contribution in [3.8, 4) is 0 Å². The number of carbonyl (C=O) groups excluding carboxylic acids is 1. The molecule has 0 bridgehead atoms. The van der Waals surface area contributed by atoms with Crippen LogP contribution in [0, 0.1) is 0 Å². The number of hydrogen-bond donors (Lipinski definition) is 0. The van der Waals surface area contributed by atoms with Crippen molar-refractivity contribution in [3.63, 3.8) is 0 Å². The molecule has 3 aromatic rings. The summed E-state index contributed by atoms with van der Waals surface area (Å²) >= 11 is 1.54. The predicted molar refractivity (Wildman–Crippen MR) is 115 cm³/mol. The van der Waals surface area contributed by atoms with Gasteiger partial charge >= 0.3 is 0 Å². The molecule has 1 aliphatic rings. The molecule has 6 heteroatoms. The van der Waals surface area contributed by atoms with E-state index in [4.69, 9.17) is 0 Å². The van der Waals surface area contributed by atoms with E-state index in [1.54, 1.807) is 6.20 Å². The Hall–Kier alpha value is -2.70. The zero-order valence-electron chi connectivity index (χ0n) is 16.3. The Balaban J connectivity index is 1.43. The van der Waals surface area contributed by atoms with Crippen LogP contribution in [0.1, 0.15) is 22.5 Å². The number of aromatic nitrogens is 2. The van der Waals surface area contributed by atoms with Crippen molar-refractivity contribution in [1.29, 1.82) is 0 Å². The van der Waals surface area contributed by atoms with Gasteiger partial charge in [0.15, 0.2) is 0 Å². The van der Waals surface area contributed by atoms with E-state index in [0.717, 1.165) is 54.8 Å². The van der Waals surface area contributed by atoms with Crippen LogP contribution in [0.25, 0.3) is 0 Å². The zero-order valence-corrected chi connectivity index (χ0v) is 17.1. The summed E-state index contributed by atoms with van der Waals surface area (Å²) in [6.07, 6.45) is 4.54. The average molecular weight is 405 g/mol. The first-order valence-corrected chi connectivity index (χ1v) is 10.7. The third-order valence-corrected chi connectivity index (χ3v) is 5.97. The van der Waals surface area contributed by atoms with E-state index in [0.29, 0.717) is 5.56 Å². The summed E-state index contributed by atoms with van der Waals surface area (Å²) in [5.74, 6) is 0.0659. The van der Waals surface area contributed by atoms with Crippen molar-refractivity contribution in [2.75, 3.05) is 26.2 Å². The number of benzene rings is 1. The summed E-state index contributed by atoms with van der Waals surface area (Å²) in [5, 5.41) is 0.762. The number of rotatable bonds is 5. The highest BCUT2D eigenvalue weighted by Crippen LogP contribution is 2.29. The molecule has 1 saturated heterocycles. The summed E-state index contributed by atoms with van der Waals surface area (Å²) in [4.78, 5) is 27.6. The van der Waals surface area contributed by atoms with E-state index in [1.165, 1.54) is 11.8 Å². The van der Waals surface area contributed by atoms with E-state index >= 15 is 0 Å². The van der Waals surface area contributed by atoms with Crippen LogP contribution in [0.3, 0.4) is 0 Å². The first kappa shape index (κ1) is 19.6. The van der Waals surface area contributed by atoms with Gasteiger partial charge in [-0.25, -0.2) is 4.98 Å². The highest BCUT2D eigenvalue weighted by Gasteiger charge is 2.23. The molecule has 1 aromatic carbocycles. The molecule has 0 spiro atoms. The molecule has 0 aliphatic carbocycles.